The van der Waals surface area contributed by atoms with Crippen molar-refractivity contribution in [2.75, 3.05) is 13.2 Å². The molecular formula is C30H54N2O3. The maximum absolute atomic E-state index is 12.1. The van der Waals surface area contributed by atoms with Gasteiger partial charge < -0.3 is 20.8 Å². The average Bonchev–Trinajstić information content (AvgIpc) is 3.57. The molecule has 0 heterocycles. The largest absolute Gasteiger partial charge is 0.396 e. The Morgan fingerprint density at radius 1 is 0.629 bits per heavy atom. The Labute approximate surface area is 215 Å². The van der Waals surface area contributed by atoms with E-state index in [2.05, 4.69) is 29.4 Å². The summed E-state index contributed by atoms with van der Waals surface area (Å²) in [5.41, 5.74) is 0.930. The van der Waals surface area contributed by atoms with Gasteiger partial charge in [0.15, 0.2) is 0 Å². The van der Waals surface area contributed by atoms with Crippen molar-refractivity contribution in [2.24, 2.45) is 0 Å². The third kappa shape index (κ3) is 20.3. The molecule has 35 heavy (non-hydrogen) atoms. The highest BCUT2D eigenvalue weighted by molar-refractivity contribution is 5.88. The third-order valence-electron chi connectivity index (χ3n) is 6.63. The third-order valence-corrected chi connectivity index (χ3v) is 6.63. The minimum absolute atomic E-state index is 0.0118. The molecule has 0 bridgehead atoms. The van der Waals surface area contributed by atoms with Gasteiger partial charge in [-0.25, -0.2) is 0 Å². The smallest absolute Gasteiger partial charge is 0.243 e. The van der Waals surface area contributed by atoms with E-state index in [0.29, 0.717) is 19.3 Å². The zero-order valence-electron chi connectivity index (χ0n) is 22.3. The lowest BCUT2D eigenvalue weighted by molar-refractivity contribution is -0.116. The van der Waals surface area contributed by atoms with E-state index in [1.54, 1.807) is 6.08 Å². The second-order valence-electron chi connectivity index (χ2n) is 10.1. The number of amides is 1. The molecule has 5 nitrogen and oxygen atoms in total. The number of nitrogens with one attached hydrogen (secondary N) is 2. The first-order valence-electron chi connectivity index (χ1n) is 14.5. The van der Waals surface area contributed by atoms with Crippen molar-refractivity contribution in [3.63, 3.8) is 0 Å². The Kier molecular flexibility index (Phi) is 20.5. The zero-order valence-corrected chi connectivity index (χ0v) is 22.3. The fourth-order valence-electron chi connectivity index (χ4n) is 4.32. The van der Waals surface area contributed by atoms with Crippen molar-refractivity contribution in [1.82, 2.24) is 10.6 Å². The molecule has 1 aliphatic rings. The number of hydrogen-bond donors (Lipinski definition) is 4. The van der Waals surface area contributed by atoms with Crippen molar-refractivity contribution >= 4 is 5.91 Å². The lowest BCUT2D eigenvalue weighted by atomic mass is 10.1. The van der Waals surface area contributed by atoms with E-state index in [-0.39, 0.29) is 11.9 Å². The predicted octanol–water partition coefficient (Wildman–Crippen LogP) is 6.47. The van der Waals surface area contributed by atoms with Gasteiger partial charge in [-0.1, -0.05) is 95.8 Å². The molecule has 1 saturated carbocycles. The van der Waals surface area contributed by atoms with Crippen LogP contribution in [0.1, 0.15) is 122 Å². The first-order valence-corrected chi connectivity index (χ1v) is 14.5. The molecule has 1 fully saturated rings. The van der Waals surface area contributed by atoms with Crippen molar-refractivity contribution < 1.29 is 15.0 Å². The highest BCUT2D eigenvalue weighted by Crippen LogP contribution is 2.22. The predicted molar refractivity (Wildman–Crippen MR) is 148 cm³/mol. The number of carbonyl (C=O) groups is 1. The maximum Gasteiger partial charge on any atom is 0.243 e. The van der Waals surface area contributed by atoms with Gasteiger partial charge in [0, 0.05) is 25.0 Å². The minimum Gasteiger partial charge on any atom is -0.396 e. The SMILES string of the molecule is C=C(/C=C/CCCCCCCCCCO)N[C@@H]1C[C@@H]1NC(=O)/C=C/CCCCCCCCCCO. The number of carbonyl (C=O) groups excluding carboxylic acids is 1. The van der Waals surface area contributed by atoms with Crippen LogP contribution in [0.5, 0.6) is 0 Å². The molecule has 2 atom stereocenters. The van der Waals surface area contributed by atoms with Crippen molar-refractivity contribution in [3.05, 3.63) is 36.6 Å². The van der Waals surface area contributed by atoms with Gasteiger partial charge >= 0.3 is 0 Å². The molecule has 1 amide bonds. The Morgan fingerprint density at radius 2 is 1.03 bits per heavy atom. The number of rotatable bonds is 25. The topological polar surface area (TPSA) is 81.6 Å². The van der Waals surface area contributed by atoms with Crippen molar-refractivity contribution in [1.29, 1.82) is 0 Å². The maximum atomic E-state index is 12.1. The van der Waals surface area contributed by atoms with Crippen LogP contribution in [0.4, 0.5) is 0 Å². The molecule has 0 unspecified atom stereocenters. The van der Waals surface area contributed by atoms with Gasteiger partial charge in [-0.05, 0) is 57.1 Å². The van der Waals surface area contributed by atoms with Gasteiger partial charge in [-0.3, -0.25) is 4.79 Å². The van der Waals surface area contributed by atoms with Crippen LogP contribution in [0, 0.1) is 0 Å². The summed E-state index contributed by atoms with van der Waals surface area (Å²) in [7, 11) is 0. The second kappa shape index (κ2) is 22.8. The standard InChI is InChI=1S/C30H54N2O3/c1-27(22-18-14-10-6-2-4-8-12-16-20-24-33)31-28-26-29(28)32-30(35)23-19-15-11-7-3-5-9-13-17-21-25-34/h18-19,22-23,28-29,31,33-34H,1-17,20-21,24-26H2,(H,32,35)/b22-18+,23-19+/t28-,29+/m1/s1. The number of unbranched alkanes of at least 4 members (excludes halogenated alkanes) is 16. The Morgan fingerprint density at radius 3 is 1.51 bits per heavy atom. The molecule has 0 saturated heterocycles. The lowest BCUT2D eigenvalue weighted by Crippen LogP contribution is -2.30. The van der Waals surface area contributed by atoms with Crippen LogP contribution >= 0.6 is 0 Å². The fraction of sp³-hybridized carbons (Fsp3) is 0.767. The molecule has 0 aromatic heterocycles. The minimum atomic E-state index is 0.0118. The summed E-state index contributed by atoms with van der Waals surface area (Å²) < 4.78 is 0. The van der Waals surface area contributed by atoms with E-state index in [4.69, 9.17) is 10.2 Å². The average molecular weight is 491 g/mol. The fourth-order valence-corrected chi connectivity index (χ4v) is 4.32. The van der Waals surface area contributed by atoms with E-state index in [1.165, 1.54) is 70.6 Å². The Hall–Kier alpha value is -1.59. The highest BCUT2D eigenvalue weighted by Gasteiger charge is 2.37. The van der Waals surface area contributed by atoms with E-state index in [0.717, 1.165) is 57.1 Å². The van der Waals surface area contributed by atoms with E-state index in [1.807, 2.05) is 6.08 Å². The number of allylic oxidation sites excluding steroid dienone is 3. The quantitative estimate of drug-likeness (QED) is 0.0672. The molecule has 1 rings (SSSR count). The molecule has 202 valence electrons. The van der Waals surface area contributed by atoms with Crippen LogP contribution in [0.15, 0.2) is 36.6 Å². The molecule has 0 radical (unpaired) electrons. The van der Waals surface area contributed by atoms with Gasteiger partial charge in [0.1, 0.15) is 0 Å². The summed E-state index contributed by atoms with van der Waals surface area (Å²) >= 11 is 0. The molecule has 4 N–H and O–H groups in total. The van der Waals surface area contributed by atoms with Crippen LogP contribution in [-0.2, 0) is 4.79 Å². The molecular weight excluding hydrogens is 436 g/mol. The Bertz CT molecular complexity index is 538. The molecule has 0 aliphatic heterocycles. The lowest BCUT2D eigenvalue weighted by Gasteiger charge is -2.06. The number of aliphatic hydroxyl groups is 2. The van der Waals surface area contributed by atoms with Gasteiger partial charge in [-0.15, -0.1) is 0 Å². The molecule has 0 spiro atoms. The summed E-state index contributed by atoms with van der Waals surface area (Å²) in [4.78, 5) is 12.1. The summed E-state index contributed by atoms with van der Waals surface area (Å²) in [5, 5.41) is 24.0. The van der Waals surface area contributed by atoms with Crippen molar-refractivity contribution in [3.8, 4) is 0 Å². The zero-order chi connectivity index (χ0) is 25.4. The molecule has 5 heteroatoms. The summed E-state index contributed by atoms with van der Waals surface area (Å²) in [5.74, 6) is 0.0118. The summed E-state index contributed by atoms with van der Waals surface area (Å²) in [6, 6.07) is 0.508. The van der Waals surface area contributed by atoms with Gasteiger partial charge in [0.2, 0.25) is 5.91 Å². The van der Waals surface area contributed by atoms with Gasteiger partial charge in [0.25, 0.3) is 0 Å². The highest BCUT2D eigenvalue weighted by atomic mass is 16.3. The summed E-state index contributed by atoms with van der Waals surface area (Å²) in [6.45, 7) is 4.74. The van der Waals surface area contributed by atoms with E-state index < -0.39 is 0 Å². The van der Waals surface area contributed by atoms with Gasteiger partial charge in [0.05, 0.1) is 6.04 Å². The number of aliphatic hydroxyl groups excluding tert-OH is 2. The van der Waals surface area contributed by atoms with Gasteiger partial charge in [-0.2, -0.15) is 0 Å². The van der Waals surface area contributed by atoms with Crippen molar-refractivity contribution in [2.45, 2.75) is 134 Å². The monoisotopic (exact) mass is 490 g/mol. The second-order valence-corrected chi connectivity index (χ2v) is 10.1. The first kappa shape index (κ1) is 31.4. The number of hydrogen-bond acceptors (Lipinski definition) is 4. The molecule has 1 aliphatic carbocycles. The van der Waals surface area contributed by atoms with E-state index >= 15 is 0 Å². The normalized spacial score (nSPS) is 17.3. The Balaban J connectivity index is 1.92. The first-order chi connectivity index (χ1) is 17.2. The molecule has 0 aromatic carbocycles. The van der Waals surface area contributed by atoms with E-state index in [9.17, 15) is 4.79 Å². The molecule has 0 aromatic rings. The summed E-state index contributed by atoms with van der Waals surface area (Å²) in [6.07, 6.45) is 30.2. The van der Waals surface area contributed by atoms with Crippen LogP contribution in [0.25, 0.3) is 0 Å². The van der Waals surface area contributed by atoms with Crippen LogP contribution < -0.4 is 10.6 Å². The van der Waals surface area contributed by atoms with Crippen LogP contribution in [0.3, 0.4) is 0 Å². The van der Waals surface area contributed by atoms with Crippen LogP contribution in [0.2, 0.25) is 0 Å². The van der Waals surface area contributed by atoms with Crippen LogP contribution in [-0.4, -0.2) is 41.4 Å².